The SMILES string of the molecule is CCOc1ccc(S([O])(=O)=O)cc1. The first-order chi connectivity index (χ1) is 6.04. The van der Waals surface area contributed by atoms with Crippen LogP contribution in [0, 0.1) is 0 Å². The molecule has 0 spiro atoms. The van der Waals surface area contributed by atoms with Crippen LogP contribution in [0.15, 0.2) is 29.2 Å². The Balaban J connectivity index is 2.94. The van der Waals surface area contributed by atoms with Gasteiger partial charge in [-0.05, 0) is 31.2 Å². The second-order valence-electron chi connectivity index (χ2n) is 2.36. The zero-order valence-corrected chi connectivity index (χ0v) is 7.87. The van der Waals surface area contributed by atoms with Crippen molar-refractivity contribution in [2.24, 2.45) is 0 Å². The van der Waals surface area contributed by atoms with Gasteiger partial charge in [-0.2, -0.15) is 8.42 Å². The molecule has 1 rings (SSSR count). The molecule has 0 aliphatic heterocycles. The monoisotopic (exact) mass is 201 g/mol. The smallest absolute Gasteiger partial charge is 0.324 e. The van der Waals surface area contributed by atoms with Crippen molar-refractivity contribution in [3.63, 3.8) is 0 Å². The van der Waals surface area contributed by atoms with Gasteiger partial charge in [-0.1, -0.05) is 4.55 Å². The van der Waals surface area contributed by atoms with Gasteiger partial charge < -0.3 is 4.74 Å². The Morgan fingerprint density at radius 1 is 1.23 bits per heavy atom. The fourth-order valence-electron chi connectivity index (χ4n) is 0.869. The summed E-state index contributed by atoms with van der Waals surface area (Å²) in [7, 11) is -4.34. The van der Waals surface area contributed by atoms with Crippen molar-refractivity contribution in [2.75, 3.05) is 6.61 Å². The van der Waals surface area contributed by atoms with E-state index < -0.39 is 10.1 Å². The maximum atomic E-state index is 10.5. The van der Waals surface area contributed by atoms with Gasteiger partial charge >= 0.3 is 10.1 Å². The predicted molar refractivity (Wildman–Crippen MR) is 45.5 cm³/mol. The topological polar surface area (TPSA) is 63.3 Å². The highest BCUT2D eigenvalue weighted by Gasteiger charge is 2.10. The lowest BCUT2D eigenvalue weighted by molar-refractivity contribution is 0.340. The van der Waals surface area contributed by atoms with Crippen LogP contribution in [0.3, 0.4) is 0 Å². The molecule has 0 bridgehead atoms. The summed E-state index contributed by atoms with van der Waals surface area (Å²) in [6, 6.07) is 5.36. The average molecular weight is 201 g/mol. The fraction of sp³-hybridized carbons (Fsp3) is 0.250. The van der Waals surface area contributed by atoms with E-state index in [1.54, 1.807) is 0 Å². The molecule has 1 aromatic rings. The lowest BCUT2D eigenvalue weighted by atomic mass is 10.3. The van der Waals surface area contributed by atoms with E-state index in [0.717, 1.165) is 0 Å². The first-order valence-electron chi connectivity index (χ1n) is 3.73. The Kier molecular flexibility index (Phi) is 2.90. The predicted octanol–water partition coefficient (Wildman–Crippen LogP) is 1.20. The molecule has 4 nitrogen and oxygen atoms in total. The third-order valence-corrected chi connectivity index (χ3v) is 2.27. The Bertz CT molecular complexity index is 366. The van der Waals surface area contributed by atoms with Crippen LogP contribution in [0.1, 0.15) is 6.92 Å². The van der Waals surface area contributed by atoms with Crippen molar-refractivity contribution < 1.29 is 17.7 Å². The molecule has 13 heavy (non-hydrogen) atoms. The van der Waals surface area contributed by atoms with Crippen LogP contribution in [0.25, 0.3) is 0 Å². The molecule has 0 aromatic heterocycles. The van der Waals surface area contributed by atoms with Crippen molar-refractivity contribution >= 4 is 10.1 Å². The van der Waals surface area contributed by atoms with Gasteiger partial charge in [-0.25, -0.2) is 0 Å². The summed E-state index contributed by atoms with van der Waals surface area (Å²) in [4.78, 5) is -0.240. The van der Waals surface area contributed by atoms with Gasteiger partial charge in [-0.15, -0.1) is 0 Å². The first kappa shape index (κ1) is 10.0. The van der Waals surface area contributed by atoms with Gasteiger partial charge in [0.2, 0.25) is 0 Å². The molecule has 71 valence electrons. The second-order valence-corrected chi connectivity index (χ2v) is 3.74. The fourth-order valence-corrected chi connectivity index (χ4v) is 1.34. The average Bonchev–Trinajstić information content (AvgIpc) is 2.04. The number of ether oxygens (including phenoxy) is 1. The molecule has 1 aromatic carbocycles. The van der Waals surface area contributed by atoms with Gasteiger partial charge in [0.05, 0.1) is 11.5 Å². The standard InChI is InChI=1S/C8H9O4S/c1-2-12-7-3-5-8(6-4-7)13(9,10)11/h3-6H,2H2,1H3. The molecule has 0 unspecified atom stereocenters. The summed E-state index contributed by atoms with van der Waals surface area (Å²) < 4.78 is 36.6. The maximum absolute atomic E-state index is 10.5. The summed E-state index contributed by atoms with van der Waals surface area (Å²) in [6.07, 6.45) is 0. The van der Waals surface area contributed by atoms with Crippen molar-refractivity contribution in [3.05, 3.63) is 24.3 Å². The van der Waals surface area contributed by atoms with Crippen LogP contribution in [-0.2, 0) is 14.7 Å². The second kappa shape index (κ2) is 3.76. The van der Waals surface area contributed by atoms with Crippen LogP contribution in [0.5, 0.6) is 5.75 Å². The normalized spacial score (nSPS) is 11.2. The molecule has 0 aliphatic rings. The molecule has 0 saturated carbocycles. The molecule has 0 saturated heterocycles. The van der Waals surface area contributed by atoms with E-state index in [0.29, 0.717) is 12.4 Å². The molecule has 0 amide bonds. The third kappa shape index (κ3) is 2.71. The summed E-state index contributed by atoms with van der Waals surface area (Å²) in [5, 5.41) is 0. The summed E-state index contributed by atoms with van der Waals surface area (Å²) in [6.45, 7) is 2.32. The molecule has 0 fully saturated rings. The zero-order valence-electron chi connectivity index (χ0n) is 7.06. The Labute approximate surface area is 76.9 Å². The number of benzene rings is 1. The molecule has 5 heteroatoms. The molecular formula is C8H9O4S. The summed E-state index contributed by atoms with van der Waals surface area (Å²) in [5.41, 5.74) is 0. The highest BCUT2D eigenvalue weighted by molar-refractivity contribution is 7.85. The largest absolute Gasteiger partial charge is 0.494 e. The minimum absolute atomic E-state index is 0.240. The Morgan fingerprint density at radius 3 is 2.15 bits per heavy atom. The summed E-state index contributed by atoms with van der Waals surface area (Å²) >= 11 is 0. The van der Waals surface area contributed by atoms with Gasteiger partial charge in [0, 0.05) is 0 Å². The van der Waals surface area contributed by atoms with Gasteiger partial charge in [0.1, 0.15) is 5.75 Å². The number of hydrogen-bond acceptors (Lipinski definition) is 3. The summed E-state index contributed by atoms with van der Waals surface area (Å²) in [5.74, 6) is 0.551. The van der Waals surface area contributed by atoms with Gasteiger partial charge in [0.15, 0.2) is 0 Å². The molecule has 0 aliphatic carbocycles. The zero-order chi connectivity index (χ0) is 9.90. The van der Waals surface area contributed by atoms with E-state index in [9.17, 15) is 13.0 Å². The minimum Gasteiger partial charge on any atom is -0.494 e. The molecular weight excluding hydrogens is 192 g/mol. The van der Waals surface area contributed by atoms with Crippen LogP contribution < -0.4 is 4.74 Å². The number of rotatable bonds is 3. The Hall–Kier alpha value is -1.07. The van der Waals surface area contributed by atoms with Crippen LogP contribution in [0.4, 0.5) is 0 Å². The van der Waals surface area contributed by atoms with E-state index in [2.05, 4.69) is 0 Å². The van der Waals surface area contributed by atoms with E-state index in [-0.39, 0.29) is 4.90 Å². The lowest BCUT2D eigenvalue weighted by Crippen LogP contribution is -1.96. The molecule has 0 N–H and O–H groups in total. The highest BCUT2D eigenvalue weighted by Crippen LogP contribution is 2.15. The van der Waals surface area contributed by atoms with E-state index >= 15 is 0 Å². The van der Waals surface area contributed by atoms with E-state index in [4.69, 9.17) is 4.74 Å². The van der Waals surface area contributed by atoms with Gasteiger partial charge in [0.25, 0.3) is 0 Å². The third-order valence-electron chi connectivity index (χ3n) is 1.42. The first-order valence-corrected chi connectivity index (χ1v) is 5.13. The van der Waals surface area contributed by atoms with Crippen molar-refractivity contribution in [1.29, 1.82) is 0 Å². The van der Waals surface area contributed by atoms with Crippen LogP contribution in [0.2, 0.25) is 0 Å². The van der Waals surface area contributed by atoms with Crippen LogP contribution in [-0.4, -0.2) is 15.0 Å². The highest BCUT2D eigenvalue weighted by atomic mass is 32.2. The van der Waals surface area contributed by atoms with Gasteiger partial charge in [-0.3, -0.25) is 0 Å². The van der Waals surface area contributed by atoms with Crippen LogP contribution >= 0.6 is 0 Å². The minimum atomic E-state index is -4.34. The molecule has 0 heterocycles. The molecule has 0 atom stereocenters. The maximum Gasteiger partial charge on any atom is 0.324 e. The quantitative estimate of drug-likeness (QED) is 0.738. The Morgan fingerprint density at radius 2 is 1.77 bits per heavy atom. The van der Waals surface area contributed by atoms with Crippen molar-refractivity contribution in [1.82, 2.24) is 0 Å². The lowest BCUT2D eigenvalue weighted by Gasteiger charge is -2.01. The van der Waals surface area contributed by atoms with E-state index in [1.807, 2.05) is 6.92 Å². The van der Waals surface area contributed by atoms with E-state index in [1.165, 1.54) is 24.3 Å². The van der Waals surface area contributed by atoms with Crippen molar-refractivity contribution in [3.8, 4) is 5.75 Å². The number of hydrogen-bond donors (Lipinski definition) is 0. The van der Waals surface area contributed by atoms with Crippen molar-refractivity contribution in [2.45, 2.75) is 11.8 Å². The molecule has 1 radical (unpaired) electrons.